The van der Waals surface area contributed by atoms with Crippen LogP contribution >= 0.6 is 0 Å². The molecule has 25 heavy (non-hydrogen) atoms. The van der Waals surface area contributed by atoms with Gasteiger partial charge in [-0.05, 0) is 47.9 Å². The van der Waals surface area contributed by atoms with Crippen LogP contribution in [0.5, 0.6) is 17.2 Å². The molecule has 6 heteroatoms. The molecule has 0 saturated carbocycles. The zero-order chi connectivity index (χ0) is 18.1. The number of carbonyl (C=O) groups excluding carboxylic acids is 1. The summed E-state index contributed by atoms with van der Waals surface area (Å²) < 4.78 is 15.8. The Kier molecular flexibility index (Phi) is 6.83. The molecule has 0 saturated heterocycles. The first-order valence-corrected chi connectivity index (χ1v) is 7.92. The van der Waals surface area contributed by atoms with E-state index in [1.165, 1.54) is 11.8 Å². The highest BCUT2D eigenvalue weighted by molar-refractivity contribution is 5.83. The maximum Gasteiger partial charge on any atom is 0.277 e. The summed E-state index contributed by atoms with van der Waals surface area (Å²) in [6.45, 7) is 1.98. The third-order valence-corrected chi connectivity index (χ3v) is 3.51. The van der Waals surface area contributed by atoms with Gasteiger partial charge in [-0.15, -0.1) is 0 Å². The van der Waals surface area contributed by atoms with E-state index in [0.717, 1.165) is 12.0 Å². The van der Waals surface area contributed by atoms with Crippen molar-refractivity contribution >= 4 is 12.1 Å². The van der Waals surface area contributed by atoms with Crippen molar-refractivity contribution in [1.29, 1.82) is 0 Å². The highest BCUT2D eigenvalue weighted by Gasteiger charge is 2.04. The summed E-state index contributed by atoms with van der Waals surface area (Å²) in [6, 6.07) is 13.0. The average Bonchev–Trinajstić information content (AvgIpc) is 2.66. The molecule has 132 valence electrons. The highest BCUT2D eigenvalue weighted by atomic mass is 16.5. The summed E-state index contributed by atoms with van der Waals surface area (Å²) in [4.78, 5) is 11.8. The molecule has 0 radical (unpaired) electrons. The number of ether oxygens (including phenoxy) is 3. The average molecular weight is 342 g/mol. The predicted octanol–water partition coefficient (Wildman–Crippen LogP) is 2.80. The number of hydrogen-bond donors (Lipinski definition) is 1. The third kappa shape index (κ3) is 5.53. The molecule has 0 unspecified atom stereocenters. The van der Waals surface area contributed by atoms with Crippen molar-refractivity contribution in [1.82, 2.24) is 5.43 Å². The molecule has 0 heterocycles. The van der Waals surface area contributed by atoms with Gasteiger partial charge in [0.15, 0.2) is 18.1 Å². The van der Waals surface area contributed by atoms with Gasteiger partial charge in [-0.1, -0.05) is 19.1 Å². The lowest BCUT2D eigenvalue weighted by Gasteiger charge is -2.07. The van der Waals surface area contributed by atoms with Crippen LogP contribution in [0, 0.1) is 0 Å². The lowest BCUT2D eigenvalue weighted by molar-refractivity contribution is -0.123. The predicted molar refractivity (Wildman–Crippen MR) is 96.6 cm³/mol. The number of aryl methyl sites for hydroxylation is 1. The summed E-state index contributed by atoms with van der Waals surface area (Å²) in [7, 11) is 3.13. The van der Waals surface area contributed by atoms with Gasteiger partial charge in [0.1, 0.15) is 5.75 Å². The number of benzene rings is 2. The summed E-state index contributed by atoms with van der Waals surface area (Å²) in [6.07, 6.45) is 2.49. The molecule has 0 fully saturated rings. The highest BCUT2D eigenvalue weighted by Crippen LogP contribution is 2.26. The number of nitrogens with one attached hydrogen (secondary N) is 1. The first kappa shape index (κ1) is 18.3. The monoisotopic (exact) mass is 342 g/mol. The molecule has 0 aliphatic rings. The minimum atomic E-state index is -0.337. The van der Waals surface area contributed by atoms with E-state index >= 15 is 0 Å². The van der Waals surface area contributed by atoms with Crippen molar-refractivity contribution in [2.45, 2.75) is 13.3 Å². The van der Waals surface area contributed by atoms with Crippen LogP contribution in [0.1, 0.15) is 18.1 Å². The van der Waals surface area contributed by atoms with Gasteiger partial charge in [0.2, 0.25) is 0 Å². The molecular weight excluding hydrogens is 320 g/mol. The Labute approximate surface area is 147 Å². The zero-order valence-corrected chi connectivity index (χ0v) is 14.6. The quantitative estimate of drug-likeness (QED) is 0.592. The van der Waals surface area contributed by atoms with Crippen LogP contribution in [0.4, 0.5) is 0 Å². The van der Waals surface area contributed by atoms with E-state index in [-0.39, 0.29) is 12.5 Å². The summed E-state index contributed by atoms with van der Waals surface area (Å²) in [5.74, 6) is 1.54. The number of carbonyl (C=O) groups is 1. The Balaban J connectivity index is 1.83. The Morgan fingerprint density at radius 1 is 1.08 bits per heavy atom. The smallest absolute Gasteiger partial charge is 0.277 e. The van der Waals surface area contributed by atoms with Crippen LogP contribution in [0.15, 0.2) is 47.6 Å². The van der Waals surface area contributed by atoms with Gasteiger partial charge in [0, 0.05) is 0 Å². The molecular formula is C19H22N2O4. The second kappa shape index (κ2) is 9.32. The summed E-state index contributed by atoms with van der Waals surface area (Å²) in [5, 5.41) is 3.91. The fourth-order valence-electron chi connectivity index (χ4n) is 2.11. The standard InChI is InChI=1S/C19H22N2O4/c1-4-14-5-8-16(9-6-14)25-13-19(22)21-20-12-15-7-10-17(23-2)18(11-15)24-3/h5-12H,4,13H2,1-3H3,(H,21,22)/b20-12-. The normalized spacial score (nSPS) is 10.5. The second-order valence-corrected chi connectivity index (χ2v) is 5.19. The van der Waals surface area contributed by atoms with Crippen molar-refractivity contribution in [3.8, 4) is 17.2 Å². The lowest BCUT2D eigenvalue weighted by Crippen LogP contribution is -2.24. The summed E-state index contributed by atoms with van der Waals surface area (Å²) >= 11 is 0. The maximum absolute atomic E-state index is 11.8. The molecule has 0 aromatic heterocycles. The van der Waals surface area contributed by atoms with Gasteiger partial charge in [0.05, 0.1) is 20.4 Å². The minimum absolute atomic E-state index is 0.102. The fourth-order valence-corrected chi connectivity index (χ4v) is 2.11. The molecule has 2 aromatic rings. The van der Waals surface area contributed by atoms with E-state index in [0.29, 0.717) is 17.2 Å². The summed E-state index contributed by atoms with van der Waals surface area (Å²) in [5.41, 5.74) is 4.41. The van der Waals surface area contributed by atoms with E-state index in [9.17, 15) is 4.79 Å². The lowest BCUT2D eigenvalue weighted by atomic mass is 10.2. The Bertz CT molecular complexity index is 727. The number of nitrogens with zero attached hydrogens (tertiary/aromatic N) is 1. The van der Waals surface area contributed by atoms with Crippen LogP contribution in [0.2, 0.25) is 0 Å². The number of amides is 1. The van der Waals surface area contributed by atoms with Crippen molar-refractivity contribution < 1.29 is 19.0 Å². The molecule has 0 aliphatic carbocycles. The number of hydrogen-bond acceptors (Lipinski definition) is 5. The maximum atomic E-state index is 11.8. The van der Waals surface area contributed by atoms with Crippen LogP contribution in [-0.2, 0) is 11.2 Å². The fraction of sp³-hybridized carbons (Fsp3) is 0.263. The van der Waals surface area contributed by atoms with Gasteiger partial charge in [0.25, 0.3) is 5.91 Å². The van der Waals surface area contributed by atoms with E-state index < -0.39 is 0 Å². The van der Waals surface area contributed by atoms with Gasteiger partial charge in [-0.2, -0.15) is 5.10 Å². The molecule has 0 spiro atoms. The van der Waals surface area contributed by atoms with Crippen LogP contribution in [-0.4, -0.2) is 32.9 Å². The van der Waals surface area contributed by atoms with E-state index in [1.54, 1.807) is 26.4 Å². The zero-order valence-electron chi connectivity index (χ0n) is 14.6. The number of rotatable bonds is 8. The van der Waals surface area contributed by atoms with Gasteiger partial charge in [-0.3, -0.25) is 4.79 Å². The Morgan fingerprint density at radius 3 is 2.44 bits per heavy atom. The van der Waals surface area contributed by atoms with Crippen molar-refractivity contribution in [3.05, 3.63) is 53.6 Å². The van der Waals surface area contributed by atoms with Gasteiger partial charge in [-0.25, -0.2) is 5.43 Å². The largest absolute Gasteiger partial charge is 0.493 e. The SMILES string of the molecule is CCc1ccc(OCC(=O)N/N=C\c2ccc(OC)c(OC)c2)cc1. The first-order valence-electron chi connectivity index (χ1n) is 7.92. The van der Waals surface area contributed by atoms with Crippen LogP contribution in [0.25, 0.3) is 0 Å². The van der Waals surface area contributed by atoms with E-state index in [2.05, 4.69) is 17.5 Å². The molecule has 6 nitrogen and oxygen atoms in total. The van der Waals surface area contributed by atoms with Crippen LogP contribution in [0.3, 0.4) is 0 Å². The Morgan fingerprint density at radius 2 is 1.80 bits per heavy atom. The third-order valence-electron chi connectivity index (χ3n) is 3.51. The molecule has 1 amide bonds. The van der Waals surface area contributed by atoms with Crippen molar-refractivity contribution in [2.75, 3.05) is 20.8 Å². The molecule has 0 bridgehead atoms. The van der Waals surface area contributed by atoms with E-state index in [4.69, 9.17) is 14.2 Å². The molecule has 1 N–H and O–H groups in total. The molecule has 0 atom stereocenters. The van der Waals surface area contributed by atoms with Gasteiger partial charge < -0.3 is 14.2 Å². The van der Waals surface area contributed by atoms with Gasteiger partial charge >= 0.3 is 0 Å². The van der Waals surface area contributed by atoms with Crippen molar-refractivity contribution in [3.63, 3.8) is 0 Å². The second-order valence-electron chi connectivity index (χ2n) is 5.19. The van der Waals surface area contributed by atoms with E-state index in [1.807, 2.05) is 30.3 Å². The number of hydrazone groups is 1. The Hall–Kier alpha value is -3.02. The van der Waals surface area contributed by atoms with Crippen LogP contribution < -0.4 is 19.6 Å². The number of methoxy groups -OCH3 is 2. The minimum Gasteiger partial charge on any atom is -0.493 e. The van der Waals surface area contributed by atoms with Crippen molar-refractivity contribution in [2.24, 2.45) is 5.10 Å². The topological polar surface area (TPSA) is 69.2 Å². The molecule has 2 aromatic carbocycles. The molecule has 0 aliphatic heterocycles. The molecule has 2 rings (SSSR count). The first-order chi connectivity index (χ1) is 12.2.